The van der Waals surface area contributed by atoms with Crippen LogP contribution in [0, 0.1) is 6.92 Å². The molecule has 1 amide bonds. The summed E-state index contributed by atoms with van der Waals surface area (Å²) in [7, 11) is 0. The van der Waals surface area contributed by atoms with Crippen LogP contribution in [0.3, 0.4) is 0 Å². The topological polar surface area (TPSA) is 89.0 Å². The third-order valence-corrected chi connectivity index (χ3v) is 4.75. The number of aromatic nitrogens is 1. The van der Waals surface area contributed by atoms with Gasteiger partial charge in [0, 0.05) is 25.3 Å². The van der Waals surface area contributed by atoms with Gasteiger partial charge in [0.2, 0.25) is 0 Å². The Labute approximate surface area is 166 Å². The number of ether oxygens (including phenoxy) is 2. The lowest BCUT2D eigenvalue weighted by Gasteiger charge is -2.39. The van der Waals surface area contributed by atoms with Gasteiger partial charge in [-0.3, -0.25) is 4.79 Å². The van der Waals surface area contributed by atoms with Crippen molar-refractivity contribution in [2.45, 2.75) is 51.0 Å². The van der Waals surface area contributed by atoms with E-state index in [-0.39, 0.29) is 17.6 Å². The molecule has 0 aromatic carbocycles. The van der Waals surface area contributed by atoms with Gasteiger partial charge in [0.1, 0.15) is 5.69 Å². The molecule has 1 spiro atoms. The molecular formula is C19H25F3N2O5. The second-order valence-corrected chi connectivity index (χ2v) is 7.07. The van der Waals surface area contributed by atoms with Crippen molar-refractivity contribution in [2.75, 3.05) is 26.3 Å². The van der Waals surface area contributed by atoms with E-state index >= 15 is 0 Å². The molecule has 0 unspecified atom stereocenters. The number of rotatable bonds is 3. The van der Waals surface area contributed by atoms with Crippen molar-refractivity contribution in [1.82, 2.24) is 9.88 Å². The van der Waals surface area contributed by atoms with Crippen molar-refractivity contribution in [1.29, 1.82) is 0 Å². The van der Waals surface area contributed by atoms with Crippen LogP contribution in [-0.4, -0.2) is 71.1 Å². The number of amides is 1. The summed E-state index contributed by atoms with van der Waals surface area (Å²) in [5.41, 5.74) is 1.17. The Bertz CT molecular complexity index is 728. The van der Waals surface area contributed by atoms with Gasteiger partial charge >= 0.3 is 12.1 Å². The number of hydrogen-bond acceptors (Lipinski definition) is 5. The van der Waals surface area contributed by atoms with Crippen LogP contribution in [0.1, 0.15) is 42.4 Å². The van der Waals surface area contributed by atoms with Crippen LogP contribution < -0.4 is 0 Å². The van der Waals surface area contributed by atoms with E-state index in [1.165, 1.54) is 0 Å². The minimum absolute atomic E-state index is 0.00577. The summed E-state index contributed by atoms with van der Waals surface area (Å²) in [6.45, 7) is 6.68. The number of aliphatic carboxylic acids is 1. The lowest BCUT2D eigenvalue weighted by molar-refractivity contribution is -0.192. The van der Waals surface area contributed by atoms with Crippen molar-refractivity contribution in [2.24, 2.45) is 0 Å². The Hall–Kier alpha value is -2.20. The second-order valence-electron chi connectivity index (χ2n) is 7.07. The zero-order valence-corrected chi connectivity index (χ0v) is 16.4. The number of carbonyl (C=O) groups is 2. The molecule has 1 aromatic rings. The average molecular weight is 418 g/mol. The molecule has 0 aliphatic carbocycles. The number of pyridine rings is 1. The first-order valence-corrected chi connectivity index (χ1v) is 9.35. The van der Waals surface area contributed by atoms with Gasteiger partial charge < -0.3 is 19.5 Å². The molecular weight excluding hydrogens is 393 g/mol. The molecule has 2 saturated heterocycles. The molecule has 10 heteroatoms. The quantitative estimate of drug-likeness (QED) is 0.812. The fraction of sp³-hybridized carbons (Fsp3) is 0.632. The molecule has 0 saturated carbocycles. The zero-order valence-electron chi connectivity index (χ0n) is 16.4. The van der Waals surface area contributed by atoms with Crippen molar-refractivity contribution in [3.8, 4) is 0 Å². The Morgan fingerprint density at radius 3 is 2.69 bits per heavy atom. The molecule has 3 rings (SSSR count). The summed E-state index contributed by atoms with van der Waals surface area (Å²) in [6.07, 6.45) is -2.07. The van der Waals surface area contributed by atoms with Crippen molar-refractivity contribution in [3.63, 3.8) is 0 Å². The Morgan fingerprint density at radius 1 is 1.41 bits per heavy atom. The number of likely N-dealkylation sites (tertiary alicyclic amines) is 1. The van der Waals surface area contributed by atoms with Crippen molar-refractivity contribution >= 4 is 11.9 Å². The van der Waals surface area contributed by atoms with Crippen LogP contribution >= 0.6 is 0 Å². The minimum atomic E-state index is -5.08. The fourth-order valence-corrected chi connectivity index (χ4v) is 3.53. The minimum Gasteiger partial charge on any atom is -0.475 e. The number of halogens is 3. The van der Waals surface area contributed by atoms with Crippen LogP contribution in [0.4, 0.5) is 13.2 Å². The number of carboxylic acids is 1. The van der Waals surface area contributed by atoms with Crippen LogP contribution in [0.2, 0.25) is 0 Å². The number of nitrogens with zero attached hydrogens (tertiary/aromatic N) is 2. The van der Waals surface area contributed by atoms with Crippen molar-refractivity contribution < 1.29 is 37.3 Å². The molecule has 2 aliphatic heterocycles. The predicted octanol–water partition coefficient (Wildman–Crippen LogP) is 2.82. The van der Waals surface area contributed by atoms with E-state index in [2.05, 4.69) is 4.98 Å². The van der Waals surface area contributed by atoms with Crippen LogP contribution in [0.5, 0.6) is 0 Å². The number of piperidine rings is 1. The lowest BCUT2D eigenvalue weighted by atomic mass is 9.89. The first-order valence-electron chi connectivity index (χ1n) is 9.35. The lowest BCUT2D eigenvalue weighted by Crippen LogP contribution is -2.50. The maximum absolute atomic E-state index is 12.7. The number of aryl methyl sites for hydroxylation is 1. The van der Waals surface area contributed by atoms with Gasteiger partial charge in [-0.15, -0.1) is 0 Å². The van der Waals surface area contributed by atoms with Crippen LogP contribution in [0.15, 0.2) is 18.2 Å². The standard InChI is InChI=1S/C17H24N2O3.C2HF3O2/c1-3-21-14-10-17(22-11-14)8-5-9-19(12-17)16(20)15-7-4-6-13(2)18-15;3-2(4,5)1(6)7/h4,6-7,14H,3,5,8-12H2,1-2H3;(H,6,7)/t14-,17-;/m0./s1. The summed E-state index contributed by atoms with van der Waals surface area (Å²) < 4.78 is 43.5. The van der Waals surface area contributed by atoms with Gasteiger partial charge in [0.15, 0.2) is 0 Å². The van der Waals surface area contributed by atoms with E-state index in [9.17, 15) is 18.0 Å². The highest BCUT2D eigenvalue weighted by Crippen LogP contribution is 2.36. The Kier molecular flexibility index (Phi) is 7.59. The Morgan fingerprint density at radius 2 is 2.10 bits per heavy atom. The molecule has 1 N–H and O–H groups in total. The predicted molar refractivity (Wildman–Crippen MR) is 96.5 cm³/mol. The molecule has 3 heterocycles. The van der Waals surface area contributed by atoms with E-state index in [1.54, 1.807) is 6.07 Å². The summed E-state index contributed by atoms with van der Waals surface area (Å²) >= 11 is 0. The van der Waals surface area contributed by atoms with Crippen molar-refractivity contribution in [3.05, 3.63) is 29.6 Å². The summed E-state index contributed by atoms with van der Waals surface area (Å²) in [4.78, 5) is 27.8. The zero-order chi connectivity index (χ0) is 21.7. The Balaban J connectivity index is 0.000000370. The monoisotopic (exact) mass is 418 g/mol. The molecule has 0 radical (unpaired) electrons. The number of alkyl halides is 3. The van der Waals surface area contributed by atoms with Gasteiger partial charge in [-0.1, -0.05) is 6.07 Å². The van der Waals surface area contributed by atoms with Gasteiger partial charge in [0.05, 0.1) is 24.9 Å². The highest BCUT2D eigenvalue weighted by molar-refractivity contribution is 5.92. The number of carboxylic acid groups (broad SMARTS) is 1. The summed E-state index contributed by atoms with van der Waals surface area (Å²) in [6, 6.07) is 5.57. The average Bonchev–Trinajstić information content (AvgIpc) is 3.03. The number of hydrogen-bond donors (Lipinski definition) is 1. The van der Waals surface area contributed by atoms with E-state index in [0.717, 1.165) is 31.5 Å². The smallest absolute Gasteiger partial charge is 0.475 e. The first-order chi connectivity index (χ1) is 13.6. The summed E-state index contributed by atoms with van der Waals surface area (Å²) in [5.74, 6) is -2.75. The maximum Gasteiger partial charge on any atom is 0.490 e. The molecule has 29 heavy (non-hydrogen) atoms. The largest absolute Gasteiger partial charge is 0.490 e. The second kappa shape index (κ2) is 9.53. The van der Waals surface area contributed by atoms with E-state index < -0.39 is 12.1 Å². The molecule has 2 atom stereocenters. The molecule has 162 valence electrons. The third-order valence-electron chi connectivity index (χ3n) is 4.75. The van der Waals surface area contributed by atoms with E-state index in [0.29, 0.717) is 25.5 Å². The van der Waals surface area contributed by atoms with Crippen LogP contribution in [-0.2, 0) is 14.3 Å². The van der Waals surface area contributed by atoms with Crippen LogP contribution in [0.25, 0.3) is 0 Å². The SMILES string of the molecule is CCO[C@@H]1CO[C@@]2(CCCN(C(=O)c3cccc(C)n3)C2)C1.O=C(O)C(F)(F)F. The molecule has 1 aromatic heterocycles. The fourth-order valence-electron chi connectivity index (χ4n) is 3.53. The van der Waals surface area contributed by atoms with Gasteiger partial charge in [-0.2, -0.15) is 13.2 Å². The normalized spacial score (nSPS) is 24.2. The van der Waals surface area contributed by atoms with Gasteiger partial charge in [0.25, 0.3) is 5.91 Å². The highest BCUT2D eigenvalue weighted by Gasteiger charge is 2.45. The highest BCUT2D eigenvalue weighted by atomic mass is 19.4. The summed E-state index contributed by atoms with van der Waals surface area (Å²) in [5, 5.41) is 7.12. The maximum atomic E-state index is 12.7. The number of carbonyl (C=O) groups excluding carboxylic acids is 1. The molecule has 7 nitrogen and oxygen atoms in total. The first kappa shape index (κ1) is 23.1. The van der Waals surface area contributed by atoms with E-state index in [1.807, 2.05) is 30.9 Å². The third kappa shape index (κ3) is 6.40. The van der Waals surface area contributed by atoms with Gasteiger partial charge in [-0.25, -0.2) is 9.78 Å². The molecule has 0 bridgehead atoms. The van der Waals surface area contributed by atoms with Gasteiger partial charge in [-0.05, 0) is 38.8 Å². The molecule has 2 fully saturated rings. The van der Waals surface area contributed by atoms with E-state index in [4.69, 9.17) is 19.4 Å². The molecule has 2 aliphatic rings.